The Labute approximate surface area is 141 Å². The highest BCUT2D eigenvalue weighted by molar-refractivity contribution is 6.04. The molecule has 2 N–H and O–H groups in total. The monoisotopic (exact) mass is 331 g/mol. The molecule has 0 aliphatic carbocycles. The largest absolute Gasteiger partial charge is 0.391 e. The van der Waals surface area contributed by atoms with Gasteiger partial charge >= 0.3 is 0 Å². The van der Waals surface area contributed by atoms with Crippen molar-refractivity contribution in [3.8, 4) is 0 Å². The zero-order valence-electron chi connectivity index (χ0n) is 14.6. The molecule has 2 aromatic rings. The summed E-state index contributed by atoms with van der Waals surface area (Å²) in [5.41, 5.74) is -0.00682. The average Bonchev–Trinajstić information content (AvgIpc) is 2.52. The number of nitrogens with zero attached hydrogens (tertiary/aromatic N) is 2. The Bertz CT molecular complexity index is 781. The van der Waals surface area contributed by atoms with Gasteiger partial charge in [0.05, 0.1) is 17.5 Å². The van der Waals surface area contributed by atoms with E-state index in [0.29, 0.717) is 23.1 Å². The van der Waals surface area contributed by atoms with Crippen LogP contribution < -0.4 is 10.9 Å². The van der Waals surface area contributed by atoms with E-state index in [4.69, 9.17) is 0 Å². The van der Waals surface area contributed by atoms with Crippen molar-refractivity contribution in [1.82, 2.24) is 15.1 Å². The molecule has 0 fully saturated rings. The molecule has 130 valence electrons. The van der Waals surface area contributed by atoms with Gasteiger partial charge in [0.15, 0.2) is 5.69 Å². The summed E-state index contributed by atoms with van der Waals surface area (Å²) >= 11 is 0. The normalized spacial score (nSPS) is 12.8. The number of carbonyl (C=O) groups is 1. The van der Waals surface area contributed by atoms with Crippen LogP contribution in [0.1, 0.15) is 50.6 Å². The van der Waals surface area contributed by atoms with E-state index in [1.807, 2.05) is 27.7 Å². The number of fused-ring (bicyclic) bond motifs is 1. The molecule has 0 spiro atoms. The summed E-state index contributed by atoms with van der Waals surface area (Å²) in [6.07, 6.45) is 0.0103. The maximum absolute atomic E-state index is 12.5. The number of aliphatic hydroxyl groups is 1. The number of hydrogen-bond acceptors (Lipinski definition) is 4. The van der Waals surface area contributed by atoms with Gasteiger partial charge in [-0.2, -0.15) is 5.10 Å². The lowest BCUT2D eigenvalue weighted by Crippen LogP contribution is -2.35. The Balaban J connectivity index is 2.35. The lowest BCUT2D eigenvalue weighted by molar-refractivity contribution is 0.0894. The van der Waals surface area contributed by atoms with E-state index in [9.17, 15) is 14.7 Å². The van der Waals surface area contributed by atoms with E-state index in [1.54, 1.807) is 24.3 Å². The van der Waals surface area contributed by atoms with Crippen molar-refractivity contribution in [2.45, 2.75) is 46.3 Å². The molecular formula is C18H25N3O3. The molecule has 2 rings (SSSR count). The van der Waals surface area contributed by atoms with Gasteiger partial charge in [-0.3, -0.25) is 9.59 Å². The molecule has 6 heteroatoms. The predicted molar refractivity (Wildman–Crippen MR) is 94.2 cm³/mol. The van der Waals surface area contributed by atoms with Crippen molar-refractivity contribution in [3.05, 3.63) is 40.3 Å². The van der Waals surface area contributed by atoms with Crippen molar-refractivity contribution in [3.63, 3.8) is 0 Å². The lowest BCUT2D eigenvalue weighted by Gasteiger charge is -2.16. The zero-order valence-corrected chi connectivity index (χ0v) is 14.6. The summed E-state index contributed by atoms with van der Waals surface area (Å²) < 4.78 is 1.32. The Morgan fingerprint density at radius 3 is 2.42 bits per heavy atom. The van der Waals surface area contributed by atoms with Gasteiger partial charge in [0.2, 0.25) is 0 Å². The first-order valence-electron chi connectivity index (χ1n) is 8.29. The molecule has 0 aliphatic rings. The zero-order chi connectivity index (χ0) is 17.9. The average molecular weight is 331 g/mol. The van der Waals surface area contributed by atoms with Gasteiger partial charge in [0.1, 0.15) is 0 Å². The fourth-order valence-electron chi connectivity index (χ4n) is 2.65. The number of benzene rings is 1. The molecule has 0 bridgehead atoms. The van der Waals surface area contributed by atoms with Crippen molar-refractivity contribution in [1.29, 1.82) is 0 Å². The van der Waals surface area contributed by atoms with E-state index >= 15 is 0 Å². The topological polar surface area (TPSA) is 84.2 Å². The summed E-state index contributed by atoms with van der Waals surface area (Å²) in [5.74, 6) is -0.0397. The van der Waals surface area contributed by atoms with Gasteiger partial charge in [-0.1, -0.05) is 32.0 Å². The maximum atomic E-state index is 12.5. The summed E-state index contributed by atoms with van der Waals surface area (Å²) in [7, 11) is 0. The molecule has 0 aliphatic heterocycles. The van der Waals surface area contributed by atoms with Gasteiger partial charge in [-0.15, -0.1) is 0 Å². The molecule has 1 aromatic carbocycles. The SMILES string of the molecule is CC(C)CC(O)CNC(=O)c1nn(C(C)C)c(=O)c2ccccc12. The molecule has 0 radical (unpaired) electrons. The Morgan fingerprint density at radius 1 is 1.21 bits per heavy atom. The van der Waals surface area contributed by atoms with Crippen molar-refractivity contribution >= 4 is 16.7 Å². The van der Waals surface area contributed by atoms with Crippen molar-refractivity contribution < 1.29 is 9.90 Å². The molecule has 1 amide bonds. The summed E-state index contributed by atoms with van der Waals surface area (Å²) in [6, 6.07) is 6.80. The van der Waals surface area contributed by atoms with Crippen LogP contribution in [0.3, 0.4) is 0 Å². The predicted octanol–water partition coefficient (Wildman–Crippen LogP) is 2.11. The summed E-state index contributed by atoms with van der Waals surface area (Å²) in [4.78, 5) is 25.0. The second-order valence-corrected chi connectivity index (χ2v) is 6.73. The van der Waals surface area contributed by atoms with Crippen LogP contribution in [0.5, 0.6) is 0 Å². The number of amides is 1. The van der Waals surface area contributed by atoms with E-state index in [1.165, 1.54) is 4.68 Å². The Morgan fingerprint density at radius 2 is 1.83 bits per heavy atom. The van der Waals surface area contributed by atoms with Gasteiger partial charge < -0.3 is 10.4 Å². The van der Waals surface area contributed by atoms with Crippen LogP contribution in [0, 0.1) is 5.92 Å². The van der Waals surface area contributed by atoms with E-state index in [2.05, 4.69) is 10.4 Å². The number of carbonyl (C=O) groups excluding carboxylic acids is 1. The summed E-state index contributed by atoms with van der Waals surface area (Å²) in [6.45, 7) is 7.87. The van der Waals surface area contributed by atoms with Crippen LogP contribution >= 0.6 is 0 Å². The second kappa shape index (κ2) is 7.57. The lowest BCUT2D eigenvalue weighted by atomic mass is 10.1. The first-order valence-corrected chi connectivity index (χ1v) is 8.29. The van der Waals surface area contributed by atoms with Crippen LogP contribution in [0.4, 0.5) is 0 Å². The third-order valence-electron chi connectivity index (χ3n) is 3.77. The van der Waals surface area contributed by atoms with Crippen LogP contribution in [-0.2, 0) is 0 Å². The number of nitrogens with one attached hydrogen (secondary N) is 1. The van der Waals surface area contributed by atoms with Gasteiger partial charge in [0, 0.05) is 11.9 Å². The highest BCUT2D eigenvalue weighted by Crippen LogP contribution is 2.15. The molecular weight excluding hydrogens is 306 g/mol. The van der Waals surface area contributed by atoms with Crippen molar-refractivity contribution in [2.75, 3.05) is 6.54 Å². The molecule has 1 atom stereocenters. The number of hydrogen-bond donors (Lipinski definition) is 2. The molecule has 1 heterocycles. The van der Waals surface area contributed by atoms with Crippen LogP contribution in [0.25, 0.3) is 10.8 Å². The minimum atomic E-state index is -0.601. The Kier molecular flexibility index (Phi) is 5.72. The standard InChI is InChI=1S/C18H25N3O3/c1-11(2)9-13(22)10-19-17(23)16-14-7-5-6-8-15(14)18(24)21(20-16)12(3)4/h5-8,11-13,22H,9-10H2,1-4H3,(H,19,23). The Hall–Kier alpha value is -2.21. The molecule has 0 saturated heterocycles. The molecule has 1 unspecified atom stereocenters. The second-order valence-electron chi connectivity index (χ2n) is 6.73. The number of rotatable bonds is 6. The van der Waals surface area contributed by atoms with E-state index in [-0.39, 0.29) is 29.7 Å². The van der Waals surface area contributed by atoms with Gasteiger partial charge in [-0.05, 0) is 32.3 Å². The minimum Gasteiger partial charge on any atom is -0.391 e. The quantitative estimate of drug-likeness (QED) is 0.849. The molecule has 0 saturated carbocycles. The fourth-order valence-corrected chi connectivity index (χ4v) is 2.65. The molecule has 24 heavy (non-hydrogen) atoms. The van der Waals surface area contributed by atoms with Crippen LogP contribution in [0.15, 0.2) is 29.1 Å². The van der Waals surface area contributed by atoms with Gasteiger partial charge in [0.25, 0.3) is 11.5 Å². The highest BCUT2D eigenvalue weighted by Gasteiger charge is 2.18. The fraction of sp³-hybridized carbons (Fsp3) is 0.500. The van der Waals surface area contributed by atoms with Crippen LogP contribution in [-0.4, -0.2) is 33.4 Å². The maximum Gasteiger partial charge on any atom is 0.274 e. The smallest absolute Gasteiger partial charge is 0.274 e. The number of aromatic nitrogens is 2. The highest BCUT2D eigenvalue weighted by atomic mass is 16.3. The first kappa shape index (κ1) is 18.1. The van der Waals surface area contributed by atoms with Crippen molar-refractivity contribution in [2.24, 2.45) is 5.92 Å². The third-order valence-corrected chi connectivity index (χ3v) is 3.77. The molecule has 6 nitrogen and oxygen atoms in total. The third kappa shape index (κ3) is 4.00. The minimum absolute atomic E-state index is 0.153. The van der Waals surface area contributed by atoms with Gasteiger partial charge in [-0.25, -0.2) is 4.68 Å². The van der Waals surface area contributed by atoms with Crippen LogP contribution in [0.2, 0.25) is 0 Å². The van der Waals surface area contributed by atoms with E-state index in [0.717, 1.165) is 0 Å². The first-order chi connectivity index (χ1) is 11.3. The summed E-state index contributed by atoms with van der Waals surface area (Å²) in [5, 5.41) is 17.9. The number of aliphatic hydroxyl groups excluding tert-OH is 1. The van der Waals surface area contributed by atoms with E-state index < -0.39 is 6.10 Å². The molecule has 1 aromatic heterocycles.